The van der Waals surface area contributed by atoms with Gasteiger partial charge in [-0.25, -0.2) is 4.98 Å². The van der Waals surface area contributed by atoms with Crippen molar-refractivity contribution in [3.05, 3.63) is 65.9 Å². The number of anilines is 4. The number of alkyl halides is 3. The smallest absolute Gasteiger partial charge is 0.421 e. The first-order valence-corrected chi connectivity index (χ1v) is 11.5. The van der Waals surface area contributed by atoms with E-state index in [1.165, 1.54) is 0 Å². The minimum Gasteiger partial charge on any atom is -0.493 e. The minimum absolute atomic E-state index is 0.0646. The molecule has 0 unspecified atom stereocenters. The first-order chi connectivity index (χ1) is 16.3. The molecule has 0 saturated heterocycles. The van der Waals surface area contributed by atoms with E-state index in [0.29, 0.717) is 23.9 Å². The molecule has 34 heavy (non-hydrogen) atoms. The lowest BCUT2D eigenvalue weighted by Gasteiger charge is -2.17. The maximum Gasteiger partial charge on any atom is 0.421 e. The van der Waals surface area contributed by atoms with E-state index in [-0.39, 0.29) is 11.8 Å². The van der Waals surface area contributed by atoms with Crippen LogP contribution in [0.2, 0.25) is 0 Å². The molecule has 2 N–H and O–H groups in total. The zero-order valence-corrected chi connectivity index (χ0v) is 19.7. The molecule has 0 aliphatic rings. The molecule has 5 nitrogen and oxygen atoms in total. The SMILES string of the molecule is CCCCCc1ccccc1Nc1nc(Nc2ccc(OCC(C)C)cc2)ncc1C(F)(F)F. The van der Waals surface area contributed by atoms with E-state index >= 15 is 0 Å². The maximum absolute atomic E-state index is 13.7. The molecular weight excluding hydrogens is 441 g/mol. The van der Waals surface area contributed by atoms with Crippen LogP contribution in [0.4, 0.5) is 36.3 Å². The first-order valence-electron chi connectivity index (χ1n) is 11.5. The lowest BCUT2D eigenvalue weighted by atomic mass is 10.1. The van der Waals surface area contributed by atoms with E-state index in [4.69, 9.17) is 4.74 Å². The van der Waals surface area contributed by atoms with Gasteiger partial charge in [-0.15, -0.1) is 0 Å². The molecule has 0 bridgehead atoms. The summed E-state index contributed by atoms with van der Waals surface area (Å²) in [5, 5.41) is 5.88. The van der Waals surface area contributed by atoms with Gasteiger partial charge in [0.2, 0.25) is 5.95 Å². The van der Waals surface area contributed by atoms with Crippen LogP contribution in [0.1, 0.15) is 51.2 Å². The number of aromatic nitrogens is 2. The fraction of sp³-hybridized carbons (Fsp3) is 0.385. The lowest BCUT2D eigenvalue weighted by Crippen LogP contribution is -2.13. The number of ether oxygens (including phenoxy) is 1. The van der Waals surface area contributed by atoms with Crippen molar-refractivity contribution in [2.45, 2.75) is 52.6 Å². The Morgan fingerprint density at radius 3 is 2.38 bits per heavy atom. The number of aryl methyl sites for hydroxylation is 1. The summed E-state index contributed by atoms with van der Waals surface area (Å²) in [4.78, 5) is 8.06. The Hall–Kier alpha value is -3.29. The fourth-order valence-corrected chi connectivity index (χ4v) is 3.32. The van der Waals surface area contributed by atoms with Crippen LogP contribution in [0.15, 0.2) is 54.7 Å². The topological polar surface area (TPSA) is 59.1 Å². The second kappa shape index (κ2) is 11.7. The number of nitrogens with one attached hydrogen (secondary N) is 2. The molecule has 0 aliphatic heterocycles. The van der Waals surface area contributed by atoms with Crippen LogP contribution in [0.3, 0.4) is 0 Å². The van der Waals surface area contributed by atoms with Gasteiger partial charge in [-0.2, -0.15) is 18.2 Å². The summed E-state index contributed by atoms with van der Waals surface area (Å²) in [6, 6.07) is 14.5. The molecule has 0 atom stereocenters. The Kier molecular flexibility index (Phi) is 8.73. The van der Waals surface area contributed by atoms with Gasteiger partial charge in [0.05, 0.1) is 6.61 Å². The quantitative estimate of drug-likeness (QED) is 0.279. The van der Waals surface area contributed by atoms with Gasteiger partial charge in [-0.05, 0) is 54.7 Å². The Balaban J connectivity index is 1.82. The number of unbranched alkanes of at least 4 members (excludes halogenated alkanes) is 2. The summed E-state index contributed by atoms with van der Waals surface area (Å²) >= 11 is 0. The summed E-state index contributed by atoms with van der Waals surface area (Å²) < 4.78 is 46.7. The summed E-state index contributed by atoms with van der Waals surface area (Å²) in [5.41, 5.74) is 1.29. The van der Waals surface area contributed by atoms with Crippen molar-refractivity contribution in [3.8, 4) is 5.75 Å². The second-order valence-corrected chi connectivity index (χ2v) is 8.55. The van der Waals surface area contributed by atoms with Crippen LogP contribution in [0, 0.1) is 5.92 Å². The highest BCUT2D eigenvalue weighted by Gasteiger charge is 2.35. The third-order valence-corrected chi connectivity index (χ3v) is 5.11. The molecule has 0 radical (unpaired) electrons. The molecule has 3 rings (SSSR count). The fourth-order valence-electron chi connectivity index (χ4n) is 3.32. The Morgan fingerprint density at radius 2 is 1.71 bits per heavy atom. The van der Waals surface area contributed by atoms with Crippen molar-refractivity contribution in [1.82, 2.24) is 9.97 Å². The molecule has 0 spiro atoms. The van der Waals surface area contributed by atoms with Crippen LogP contribution in [-0.2, 0) is 12.6 Å². The van der Waals surface area contributed by atoms with Crippen molar-refractivity contribution in [1.29, 1.82) is 0 Å². The van der Waals surface area contributed by atoms with Gasteiger partial charge >= 0.3 is 6.18 Å². The van der Waals surface area contributed by atoms with E-state index < -0.39 is 11.7 Å². The van der Waals surface area contributed by atoms with Gasteiger partial charge in [0.25, 0.3) is 0 Å². The number of halogens is 3. The van der Waals surface area contributed by atoms with E-state index in [9.17, 15) is 13.2 Å². The monoisotopic (exact) mass is 472 g/mol. The Morgan fingerprint density at radius 1 is 0.971 bits per heavy atom. The standard InChI is InChI=1S/C26H31F3N4O/c1-4-5-6-9-19-10-7-8-11-23(19)32-24-22(26(27,28)29)16-30-25(33-24)31-20-12-14-21(15-13-20)34-17-18(2)3/h7-8,10-16,18H,4-6,9,17H2,1-3H3,(H2,30,31,32,33). The molecule has 3 aromatic rings. The highest BCUT2D eigenvalue weighted by Crippen LogP contribution is 2.36. The number of nitrogens with zero attached hydrogens (tertiary/aromatic N) is 2. The van der Waals surface area contributed by atoms with Gasteiger partial charge in [0.15, 0.2) is 0 Å². The first kappa shape index (κ1) is 25.3. The maximum atomic E-state index is 13.7. The summed E-state index contributed by atoms with van der Waals surface area (Å²) in [5.74, 6) is 0.898. The molecule has 1 aromatic heterocycles. The van der Waals surface area contributed by atoms with Crippen molar-refractivity contribution in [2.24, 2.45) is 5.92 Å². The van der Waals surface area contributed by atoms with E-state index in [2.05, 4.69) is 41.4 Å². The molecule has 1 heterocycles. The van der Waals surface area contributed by atoms with Gasteiger partial charge in [-0.1, -0.05) is 51.8 Å². The summed E-state index contributed by atoms with van der Waals surface area (Å²) in [6.45, 7) is 6.84. The van der Waals surface area contributed by atoms with Crippen LogP contribution < -0.4 is 15.4 Å². The Bertz CT molecular complexity index is 1050. The molecule has 8 heteroatoms. The number of hydrogen-bond donors (Lipinski definition) is 2. The highest BCUT2D eigenvalue weighted by atomic mass is 19.4. The van der Waals surface area contributed by atoms with Crippen molar-refractivity contribution in [2.75, 3.05) is 17.2 Å². The third-order valence-electron chi connectivity index (χ3n) is 5.11. The predicted octanol–water partition coefficient (Wildman–Crippen LogP) is 7.75. The predicted molar refractivity (Wildman–Crippen MR) is 130 cm³/mol. The van der Waals surface area contributed by atoms with Crippen molar-refractivity contribution >= 4 is 23.1 Å². The normalized spacial score (nSPS) is 11.5. The van der Waals surface area contributed by atoms with Gasteiger partial charge in [0, 0.05) is 17.6 Å². The van der Waals surface area contributed by atoms with Crippen LogP contribution in [0.25, 0.3) is 0 Å². The minimum atomic E-state index is -4.59. The summed E-state index contributed by atoms with van der Waals surface area (Å²) in [7, 11) is 0. The molecule has 0 saturated carbocycles. The van der Waals surface area contributed by atoms with Gasteiger partial charge < -0.3 is 15.4 Å². The average molecular weight is 473 g/mol. The number of rotatable bonds is 11. The average Bonchev–Trinajstić information content (AvgIpc) is 2.79. The number of hydrogen-bond acceptors (Lipinski definition) is 5. The molecule has 182 valence electrons. The summed E-state index contributed by atoms with van der Waals surface area (Å²) in [6.07, 6.45) is 0.0874. The van der Waals surface area contributed by atoms with Crippen molar-refractivity contribution < 1.29 is 17.9 Å². The van der Waals surface area contributed by atoms with Gasteiger partial charge in [-0.3, -0.25) is 0 Å². The van der Waals surface area contributed by atoms with Gasteiger partial charge in [0.1, 0.15) is 17.1 Å². The number of benzene rings is 2. The van der Waals surface area contributed by atoms with Crippen LogP contribution in [-0.4, -0.2) is 16.6 Å². The molecule has 0 amide bonds. The molecular formula is C26H31F3N4O. The van der Waals surface area contributed by atoms with Crippen molar-refractivity contribution in [3.63, 3.8) is 0 Å². The Labute approximate surface area is 198 Å². The number of para-hydroxylation sites is 1. The highest BCUT2D eigenvalue weighted by molar-refractivity contribution is 5.65. The van der Waals surface area contributed by atoms with E-state index in [1.54, 1.807) is 36.4 Å². The molecule has 0 aliphatic carbocycles. The van der Waals surface area contributed by atoms with E-state index in [0.717, 1.165) is 43.2 Å². The zero-order chi connectivity index (χ0) is 24.6. The lowest BCUT2D eigenvalue weighted by molar-refractivity contribution is -0.137. The largest absolute Gasteiger partial charge is 0.493 e. The second-order valence-electron chi connectivity index (χ2n) is 8.55. The third kappa shape index (κ3) is 7.37. The molecule has 2 aromatic carbocycles. The zero-order valence-electron chi connectivity index (χ0n) is 19.7. The van der Waals surface area contributed by atoms with Crippen LogP contribution >= 0.6 is 0 Å². The molecule has 0 fully saturated rings. The van der Waals surface area contributed by atoms with Crippen LogP contribution in [0.5, 0.6) is 5.75 Å². The van der Waals surface area contributed by atoms with E-state index in [1.807, 2.05) is 12.1 Å².